The van der Waals surface area contributed by atoms with Crippen molar-refractivity contribution in [1.29, 1.82) is 0 Å². The molecule has 0 aliphatic rings. The van der Waals surface area contributed by atoms with Crippen LogP contribution in [0.25, 0.3) is 27.8 Å². The van der Waals surface area contributed by atoms with Gasteiger partial charge in [-0.2, -0.15) is 14.7 Å². The van der Waals surface area contributed by atoms with Crippen molar-refractivity contribution >= 4 is 22.5 Å². The lowest BCUT2D eigenvalue weighted by Gasteiger charge is -2.11. The molecule has 30 heavy (non-hydrogen) atoms. The normalized spacial score (nSPS) is 12.4. The van der Waals surface area contributed by atoms with E-state index >= 15 is 0 Å². The van der Waals surface area contributed by atoms with Gasteiger partial charge < -0.3 is 5.11 Å². The molecule has 1 unspecified atom stereocenters. The monoisotopic (exact) mass is 399 g/mol. The van der Waals surface area contributed by atoms with Crippen LogP contribution in [-0.4, -0.2) is 45.7 Å². The summed E-state index contributed by atoms with van der Waals surface area (Å²) >= 11 is 0. The minimum Gasteiger partial charge on any atom is -0.480 e. The Morgan fingerprint density at radius 3 is 2.93 bits per heavy atom. The molecule has 0 fully saturated rings. The minimum absolute atomic E-state index is 0.0397. The van der Waals surface area contributed by atoms with Gasteiger partial charge in [0.15, 0.2) is 11.5 Å². The predicted octanol–water partition coefficient (Wildman–Crippen LogP) is 2.77. The number of rotatable bonds is 5. The topological polar surface area (TPSA) is 111 Å². The Morgan fingerprint density at radius 1 is 1.17 bits per heavy atom. The Bertz CT molecular complexity index is 1390. The van der Waals surface area contributed by atoms with Gasteiger partial charge in [-0.1, -0.05) is 19.1 Å². The minimum atomic E-state index is -0.950. The van der Waals surface area contributed by atoms with E-state index in [4.69, 9.17) is 5.11 Å². The molecule has 4 aromatic heterocycles. The van der Waals surface area contributed by atoms with Crippen LogP contribution in [0.15, 0.2) is 61.1 Å². The van der Waals surface area contributed by atoms with Crippen molar-refractivity contribution in [1.82, 2.24) is 34.6 Å². The van der Waals surface area contributed by atoms with Gasteiger partial charge in [0, 0.05) is 29.3 Å². The van der Waals surface area contributed by atoms with E-state index in [1.54, 1.807) is 23.1 Å². The zero-order valence-electron chi connectivity index (χ0n) is 16.0. The van der Waals surface area contributed by atoms with Crippen molar-refractivity contribution in [3.05, 3.63) is 72.4 Å². The summed E-state index contributed by atoms with van der Waals surface area (Å²) in [6, 6.07) is 13.8. The van der Waals surface area contributed by atoms with E-state index in [2.05, 4.69) is 38.4 Å². The summed E-state index contributed by atoms with van der Waals surface area (Å²) in [4.78, 5) is 15.3. The number of benzene rings is 1. The fourth-order valence-electron chi connectivity index (χ4n) is 3.46. The highest BCUT2D eigenvalue weighted by Crippen LogP contribution is 2.26. The van der Waals surface area contributed by atoms with Gasteiger partial charge in [-0.25, -0.2) is 0 Å². The molecule has 0 saturated carbocycles. The van der Waals surface area contributed by atoms with Gasteiger partial charge in [-0.3, -0.25) is 14.5 Å². The Hall–Kier alpha value is -4.14. The van der Waals surface area contributed by atoms with E-state index < -0.39 is 5.97 Å². The Morgan fingerprint density at radius 2 is 2.07 bits per heavy atom. The molecular weight excluding hydrogens is 382 g/mol. The van der Waals surface area contributed by atoms with E-state index in [-0.39, 0.29) is 12.5 Å². The molecule has 5 rings (SSSR count). The molecule has 4 heterocycles. The highest BCUT2D eigenvalue weighted by atomic mass is 16.4. The fourth-order valence-corrected chi connectivity index (χ4v) is 3.46. The molecular formula is C21H17N7O2. The number of pyridine rings is 1. The molecule has 0 spiro atoms. The molecule has 5 aromatic rings. The fraction of sp³-hybridized carbons (Fsp3) is 0.143. The highest BCUT2D eigenvalue weighted by Gasteiger charge is 2.18. The number of fused-ring (bicyclic) bond motifs is 2. The molecule has 1 atom stereocenters. The van der Waals surface area contributed by atoms with Crippen LogP contribution in [-0.2, 0) is 11.3 Å². The van der Waals surface area contributed by atoms with Crippen LogP contribution in [0.4, 0.5) is 0 Å². The largest absolute Gasteiger partial charge is 0.480 e. The van der Waals surface area contributed by atoms with Gasteiger partial charge in [-0.05, 0) is 35.9 Å². The molecule has 0 radical (unpaired) electrons. The molecule has 148 valence electrons. The second-order valence-electron chi connectivity index (χ2n) is 7.04. The number of aromatic nitrogens is 7. The maximum absolute atomic E-state index is 10.9. The van der Waals surface area contributed by atoms with Crippen LogP contribution >= 0.6 is 0 Å². The van der Waals surface area contributed by atoms with Crippen LogP contribution in [0.3, 0.4) is 0 Å². The third-order valence-corrected chi connectivity index (χ3v) is 5.03. The lowest BCUT2D eigenvalue weighted by Crippen LogP contribution is -2.08. The van der Waals surface area contributed by atoms with Gasteiger partial charge >= 0.3 is 5.97 Å². The Balaban J connectivity index is 1.53. The molecule has 0 aliphatic heterocycles. The first-order chi connectivity index (χ1) is 14.6. The van der Waals surface area contributed by atoms with Crippen molar-refractivity contribution in [3.8, 4) is 11.3 Å². The second kappa shape index (κ2) is 7.03. The van der Waals surface area contributed by atoms with Crippen molar-refractivity contribution in [2.75, 3.05) is 0 Å². The first kappa shape index (κ1) is 17.9. The molecule has 0 bridgehead atoms. The van der Waals surface area contributed by atoms with Gasteiger partial charge in [0.1, 0.15) is 6.54 Å². The maximum atomic E-state index is 10.9. The summed E-state index contributed by atoms with van der Waals surface area (Å²) in [6.07, 6.45) is 5.04. The zero-order valence-corrected chi connectivity index (χ0v) is 16.0. The van der Waals surface area contributed by atoms with Crippen molar-refractivity contribution < 1.29 is 9.90 Å². The lowest BCUT2D eigenvalue weighted by molar-refractivity contribution is -0.137. The zero-order chi connectivity index (χ0) is 20.7. The maximum Gasteiger partial charge on any atom is 0.325 e. The van der Waals surface area contributed by atoms with E-state index in [0.717, 1.165) is 22.0 Å². The second-order valence-corrected chi connectivity index (χ2v) is 7.04. The molecule has 0 aliphatic carbocycles. The quantitative estimate of drug-likeness (QED) is 0.484. The van der Waals surface area contributed by atoms with Crippen molar-refractivity contribution in [2.45, 2.75) is 19.4 Å². The van der Waals surface area contributed by atoms with E-state index in [1.165, 1.54) is 4.68 Å². The predicted molar refractivity (Wildman–Crippen MR) is 109 cm³/mol. The average molecular weight is 399 g/mol. The summed E-state index contributed by atoms with van der Waals surface area (Å²) in [6.45, 7) is 1.86. The first-order valence-electron chi connectivity index (χ1n) is 9.40. The van der Waals surface area contributed by atoms with Crippen molar-refractivity contribution in [3.63, 3.8) is 0 Å². The van der Waals surface area contributed by atoms with E-state index in [0.29, 0.717) is 17.2 Å². The number of aliphatic carboxylic acids is 1. The van der Waals surface area contributed by atoms with Gasteiger partial charge in [-0.15, -0.1) is 10.2 Å². The van der Waals surface area contributed by atoms with Gasteiger partial charge in [0.2, 0.25) is 0 Å². The molecule has 1 N–H and O–H groups in total. The van der Waals surface area contributed by atoms with Crippen LogP contribution in [0.1, 0.15) is 24.2 Å². The molecule has 0 saturated heterocycles. The van der Waals surface area contributed by atoms with Crippen LogP contribution in [0.5, 0.6) is 0 Å². The summed E-state index contributed by atoms with van der Waals surface area (Å²) < 4.78 is 3.09. The molecule has 9 heteroatoms. The van der Waals surface area contributed by atoms with Crippen LogP contribution < -0.4 is 0 Å². The highest BCUT2D eigenvalue weighted by molar-refractivity contribution is 5.79. The summed E-state index contributed by atoms with van der Waals surface area (Å²) in [5.41, 5.74) is 4.06. The van der Waals surface area contributed by atoms with E-state index in [9.17, 15) is 4.79 Å². The number of hydrogen-bond donors (Lipinski definition) is 1. The van der Waals surface area contributed by atoms with Crippen molar-refractivity contribution in [2.24, 2.45) is 0 Å². The standard InChI is InChI=1S/C21H17N7O2/c1-13(14-4-5-17-15(9-14)3-2-8-22-17)21-25-24-19-7-6-18(26-28(19)21)16-10-23-27(11-16)12-20(29)30/h2-11,13H,12H2,1H3,(H,29,30). The first-order valence-corrected chi connectivity index (χ1v) is 9.40. The molecule has 1 aromatic carbocycles. The van der Waals surface area contributed by atoms with Crippen LogP contribution in [0, 0.1) is 0 Å². The van der Waals surface area contributed by atoms with Crippen LogP contribution in [0.2, 0.25) is 0 Å². The molecule has 0 amide bonds. The summed E-state index contributed by atoms with van der Waals surface area (Å²) in [5, 5.41) is 27.4. The van der Waals surface area contributed by atoms with E-state index in [1.807, 2.05) is 36.4 Å². The SMILES string of the molecule is CC(c1ccc2ncccc2c1)c1nnc2ccc(-c3cnn(CC(=O)O)c3)nn12. The summed E-state index contributed by atoms with van der Waals surface area (Å²) in [5.74, 6) is -0.274. The number of carboxylic acids is 1. The summed E-state index contributed by atoms with van der Waals surface area (Å²) in [7, 11) is 0. The number of carbonyl (C=O) groups is 1. The lowest BCUT2D eigenvalue weighted by atomic mass is 9.98. The average Bonchev–Trinajstić information content (AvgIpc) is 3.39. The Kier molecular flexibility index (Phi) is 4.20. The number of nitrogens with zero attached hydrogens (tertiary/aromatic N) is 7. The third kappa shape index (κ3) is 3.16. The smallest absolute Gasteiger partial charge is 0.325 e. The van der Waals surface area contributed by atoms with Gasteiger partial charge in [0.25, 0.3) is 0 Å². The Labute approximate surface area is 170 Å². The number of carboxylic acid groups (broad SMARTS) is 1. The molecule has 9 nitrogen and oxygen atoms in total. The van der Waals surface area contributed by atoms with Gasteiger partial charge in [0.05, 0.1) is 17.4 Å². The number of hydrogen-bond acceptors (Lipinski definition) is 6. The third-order valence-electron chi connectivity index (χ3n) is 5.03.